The Balaban J connectivity index is 2.56. The lowest BCUT2D eigenvalue weighted by Crippen LogP contribution is -2.26. The fourth-order valence-electron chi connectivity index (χ4n) is 0.988. The van der Waals surface area contributed by atoms with Crippen molar-refractivity contribution in [3.05, 3.63) is 46.7 Å². The number of nitrogens with one attached hydrogen (secondary N) is 2. The number of hydrazine groups is 1. The number of ether oxygens (including phenoxy) is 1. The first-order valence-corrected chi connectivity index (χ1v) is 4.58. The van der Waals surface area contributed by atoms with Crippen LogP contribution in [-0.4, -0.2) is 18.0 Å². The summed E-state index contributed by atoms with van der Waals surface area (Å²) in [7, 11) is 1.24. The number of carbonyl (C=O) groups is 1. The molecule has 2 N–H and O–H groups in total. The Bertz CT molecular complexity index is 441. The molecule has 0 amide bonds. The standard InChI is InChI=1S/C10H11N3O4/c1-7(10(14)17-2)11-12-8-3-5-9(6-4-8)13(15)16/h3-6,11-12H,1H2,2H3. The lowest BCUT2D eigenvalue weighted by molar-refractivity contribution is -0.384. The zero-order chi connectivity index (χ0) is 12.8. The van der Waals surface area contributed by atoms with Gasteiger partial charge in [0.25, 0.3) is 5.69 Å². The molecule has 1 aromatic rings. The molecule has 0 saturated carbocycles. The number of esters is 1. The van der Waals surface area contributed by atoms with Gasteiger partial charge in [-0.15, -0.1) is 0 Å². The minimum absolute atomic E-state index is 0.0117. The third kappa shape index (κ3) is 3.49. The molecule has 0 heterocycles. The van der Waals surface area contributed by atoms with Gasteiger partial charge >= 0.3 is 5.97 Å². The molecule has 0 atom stereocenters. The van der Waals surface area contributed by atoms with E-state index in [0.717, 1.165) is 0 Å². The number of hydrogen-bond donors (Lipinski definition) is 2. The minimum Gasteiger partial charge on any atom is -0.464 e. The van der Waals surface area contributed by atoms with Crippen molar-refractivity contribution in [1.29, 1.82) is 0 Å². The summed E-state index contributed by atoms with van der Waals surface area (Å²) in [4.78, 5) is 20.9. The maximum atomic E-state index is 11.0. The summed E-state index contributed by atoms with van der Waals surface area (Å²) in [5, 5.41) is 10.4. The van der Waals surface area contributed by atoms with Crippen LogP contribution in [0.15, 0.2) is 36.5 Å². The topological polar surface area (TPSA) is 93.5 Å². The molecule has 0 spiro atoms. The molecule has 90 valence electrons. The van der Waals surface area contributed by atoms with Gasteiger partial charge in [0.05, 0.1) is 17.7 Å². The summed E-state index contributed by atoms with van der Waals surface area (Å²) >= 11 is 0. The lowest BCUT2D eigenvalue weighted by Gasteiger charge is -2.09. The van der Waals surface area contributed by atoms with Crippen molar-refractivity contribution in [3.8, 4) is 0 Å². The molecule has 0 aromatic heterocycles. The van der Waals surface area contributed by atoms with Crippen LogP contribution < -0.4 is 10.9 Å². The van der Waals surface area contributed by atoms with E-state index in [4.69, 9.17) is 0 Å². The number of methoxy groups -OCH3 is 1. The number of rotatable bonds is 5. The van der Waals surface area contributed by atoms with Gasteiger partial charge in [-0.3, -0.25) is 15.5 Å². The summed E-state index contributed by atoms with van der Waals surface area (Å²) in [6, 6.07) is 5.67. The van der Waals surface area contributed by atoms with Gasteiger partial charge in [-0.05, 0) is 12.1 Å². The van der Waals surface area contributed by atoms with Gasteiger partial charge in [0, 0.05) is 12.1 Å². The molecule has 0 bridgehead atoms. The SMILES string of the molecule is C=C(NNc1ccc([N+](=O)[O-])cc1)C(=O)OC. The van der Waals surface area contributed by atoms with Crippen molar-refractivity contribution in [2.24, 2.45) is 0 Å². The highest BCUT2D eigenvalue weighted by molar-refractivity contribution is 5.87. The van der Waals surface area contributed by atoms with Crippen LogP contribution in [-0.2, 0) is 9.53 Å². The van der Waals surface area contributed by atoms with Crippen molar-refractivity contribution in [2.75, 3.05) is 12.5 Å². The minimum atomic E-state index is -0.598. The molecule has 7 nitrogen and oxygen atoms in total. The highest BCUT2D eigenvalue weighted by atomic mass is 16.6. The molecule has 0 fully saturated rings. The zero-order valence-corrected chi connectivity index (χ0v) is 9.10. The molecule has 7 heteroatoms. The number of anilines is 1. The fraction of sp³-hybridized carbons (Fsp3) is 0.100. The average molecular weight is 237 g/mol. The van der Waals surface area contributed by atoms with E-state index >= 15 is 0 Å². The summed E-state index contributed by atoms with van der Waals surface area (Å²) < 4.78 is 4.42. The van der Waals surface area contributed by atoms with E-state index in [9.17, 15) is 14.9 Å². The van der Waals surface area contributed by atoms with Gasteiger partial charge in [-0.25, -0.2) is 4.79 Å². The van der Waals surface area contributed by atoms with Crippen LogP contribution in [0.25, 0.3) is 0 Å². The smallest absolute Gasteiger partial charge is 0.355 e. The van der Waals surface area contributed by atoms with Gasteiger partial charge in [0.2, 0.25) is 0 Å². The van der Waals surface area contributed by atoms with E-state index < -0.39 is 10.9 Å². The second kappa shape index (κ2) is 5.50. The first-order chi connectivity index (χ1) is 8.04. The Morgan fingerprint density at radius 2 is 2.00 bits per heavy atom. The van der Waals surface area contributed by atoms with E-state index in [0.29, 0.717) is 5.69 Å². The molecular weight excluding hydrogens is 226 g/mol. The van der Waals surface area contributed by atoms with Gasteiger partial charge < -0.3 is 10.2 Å². The molecule has 0 radical (unpaired) electrons. The highest BCUT2D eigenvalue weighted by Gasteiger charge is 2.06. The van der Waals surface area contributed by atoms with Gasteiger partial charge in [0.1, 0.15) is 5.70 Å². The van der Waals surface area contributed by atoms with Crippen LogP contribution >= 0.6 is 0 Å². The Labute approximate surface area is 97.2 Å². The maximum Gasteiger partial charge on any atom is 0.355 e. The van der Waals surface area contributed by atoms with Gasteiger partial charge in [0.15, 0.2) is 0 Å². The second-order valence-corrected chi connectivity index (χ2v) is 3.02. The molecule has 0 saturated heterocycles. The monoisotopic (exact) mass is 237 g/mol. The molecule has 1 rings (SSSR count). The number of nitro benzene ring substituents is 1. The highest BCUT2D eigenvalue weighted by Crippen LogP contribution is 2.14. The summed E-state index contributed by atoms with van der Waals surface area (Å²) in [6.07, 6.45) is 0. The van der Waals surface area contributed by atoms with Crippen LogP contribution in [0.1, 0.15) is 0 Å². The lowest BCUT2D eigenvalue weighted by atomic mass is 10.3. The van der Waals surface area contributed by atoms with Crippen LogP contribution in [0, 0.1) is 10.1 Å². The predicted molar refractivity (Wildman–Crippen MR) is 61.0 cm³/mol. The Morgan fingerprint density at radius 1 is 1.41 bits per heavy atom. The first kappa shape index (κ1) is 12.5. The van der Waals surface area contributed by atoms with Gasteiger partial charge in [-0.1, -0.05) is 6.58 Å². The predicted octanol–water partition coefficient (Wildman–Crippen LogP) is 1.20. The summed E-state index contributed by atoms with van der Waals surface area (Å²) in [5.41, 5.74) is 5.74. The van der Waals surface area contributed by atoms with Crippen molar-refractivity contribution in [1.82, 2.24) is 5.43 Å². The van der Waals surface area contributed by atoms with E-state index in [2.05, 4.69) is 22.2 Å². The molecule has 0 aliphatic rings. The number of carbonyl (C=O) groups excluding carboxylic acids is 1. The second-order valence-electron chi connectivity index (χ2n) is 3.02. The molecule has 0 aliphatic heterocycles. The Hall–Kier alpha value is -2.57. The average Bonchev–Trinajstić information content (AvgIpc) is 2.35. The quantitative estimate of drug-likeness (QED) is 0.346. The fourth-order valence-corrected chi connectivity index (χ4v) is 0.988. The largest absolute Gasteiger partial charge is 0.464 e. The van der Waals surface area contributed by atoms with Crippen LogP contribution in [0.5, 0.6) is 0 Å². The Morgan fingerprint density at radius 3 is 2.47 bits per heavy atom. The number of benzene rings is 1. The van der Waals surface area contributed by atoms with Gasteiger partial charge in [-0.2, -0.15) is 0 Å². The molecule has 1 aromatic carbocycles. The summed E-state index contributed by atoms with van der Waals surface area (Å²) in [6.45, 7) is 3.43. The summed E-state index contributed by atoms with van der Waals surface area (Å²) in [5.74, 6) is -0.598. The van der Waals surface area contributed by atoms with Crippen molar-refractivity contribution in [2.45, 2.75) is 0 Å². The normalized spacial score (nSPS) is 9.24. The first-order valence-electron chi connectivity index (χ1n) is 4.58. The van der Waals surface area contributed by atoms with Crippen molar-refractivity contribution in [3.63, 3.8) is 0 Å². The van der Waals surface area contributed by atoms with Crippen LogP contribution in [0.4, 0.5) is 11.4 Å². The van der Waals surface area contributed by atoms with Crippen LogP contribution in [0.3, 0.4) is 0 Å². The molecule has 0 aliphatic carbocycles. The molecule has 0 unspecified atom stereocenters. The zero-order valence-electron chi connectivity index (χ0n) is 9.10. The van der Waals surface area contributed by atoms with Crippen molar-refractivity contribution >= 4 is 17.3 Å². The van der Waals surface area contributed by atoms with E-state index in [1.165, 1.54) is 31.4 Å². The van der Waals surface area contributed by atoms with E-state index in [1.54, 1.807) is 0 Å². The van der Waals surface area contributed by atoms with E-state index in [-0.39, 0.29) is 11.4 Å². The van der Waals surface area contributed by atoms with Crippen LogP contribution in [0.2, 0.25) is 0 Å². The van der Waals surface area contributed by atoms with Crippen molar-refractivity contribution < 1.29 is 14.5 Å². The Kier molecular flexibility index (Phi) is 4.04. The maximum absolute atomic E-state index is 11.0. The number of hydrogen-bond acceptors (Lipinski definition) is 6. The third-order valence-corrected chi connectivity index (χ3v) is 1.87. The molecular formula is C10H11N3O4. The number of non-ortho nitro benzene ring substituents is 1. The number of nitro groups is 1. The third-order valence-electron chi connectivity index (χ3n) is 1.87. The van der Waals surface area contributed by atoms with E-state index in [1.807, 2.05) is 0 Å². The number of nitrogens with zero attached hydrogens (tertiary/aromatic N) is 1. The molecule has 17 heavy (non-hydrogen) atoms.